The molecule has 0 aliphatic carbocycles. The molecule has 0 saturated carbocycles. The number of nitriles is 2. The van der Waals surface area contributed by atoms with E-state index in [0.717, 1.165) is 0 Å². The van der Waals surface area contributed by atoms with Crippen LogP contribution in [-0.2, 0) is 4.74 Å². The number of rotatable bonds is 5. The van der Waals surface area contributed by atoms with Crippen molar-refractivity contribution in [2.75, 3.05) is 19.5 Å². The predicted octanol–water partition coefficient (Wildman–Crippen LogP) is 2.17. The third-order valence-electron chi connectivity index (χ3n) is 3.31. The highest BCUT2D eigenvalue weighted by Gasteiger charge is 2.19. The highest BCUT2D eigenvalue weighted by atomic mass is 32.1. The largest absolute Gasteiger partial charge is 0.489 e. The number of nitrogen functional groups attached to an aromatic ring is 1. The van der Waals surface area contributed by atoms with E-state index in [1.165, 1.54) is 6.20 Å². The first kappa shape index (κ1) is 17.5. The fourth-order valence-electron chi connectivity index (χ4n) is 1.96. The molecule has 2 aromatic rings. The van der Waals surface area contributed by atoms with Crippen LogP contribution in [0.5, 0.6) is 5.75 Å². The second-order valence-electron chi connectivity index (χ2n) is 4.91. The molecule has 0 aromatic carbocycles. The van der Waals surface area contributed by atoms with Gasteiger partial charge in [-0.05, 0) is 19.1 Å². The molecule has 2 heterocycles. The molecule has 1 atom stereocenters. The zero-order valence-corrected chi connectivity index (χ0v) is 14.0. The van der Waals surface area contributed by atoms with E-state index in [4.69, 9.17) is 15.2 Å². The summed E-state index contributed by atoms with van der Waals surface area (Å²) < 4.78 is 10.6. The van der Waals surface area contributed by atoms with Gasteiger partial charge >= 0.3 is 0 Å². The van der Waals surface area contributed by atoms with Gasteiger partial charge in [0.2, 0.25) is 0 Å². The molecule has 0 fully saturated rings. The molecule has 0 aliphatic heterocycles. The lowest BCUT2D eigenvalue weighted by Gasteiger charge is -2.12. The minimum Gasteiger partial charge on any atom is -0.489 e. The molecule has 0 spiro atoms. The molecule has 0 aliphatic rings. The van der Waals surface area contributed by atoms with Crippen LogP contribution in [0.3, 0.4) is 0 Å². The number of thiol groups is 1. The Hall–Kier alpha value is -2.81. The average Bonchev–Trinajstić information content (AvgIpc) is 2.59. The summed E-state index contributed by atoms with van der Waals surface area (Å²) in [4.78, 5) is 8.17. The van der Waals surface area contributed by atoms with Crippen molar-refractivity contribution < 1.29 is 9.47 Å². The molecule has 7 nitrogen and oxygen atoms in total. The van der Waals surface area contributed by atoms with Crippen molar-refractivity contribution in [2.45, 2.75) is 18.1 Å². The van der Waals surface area contributed by atoms with Crippen molar-refractivity contribution in [1.29, 1.82) is 10.5 Å². The Balaban J connectivity index is 2.43. The maximum Gasteiger partial charge on any atom is 0.143 e. The second-order valence-corrected chi connectivity index (χ2v) is 5.33. The minimum absolute atomic E-state index is 0.00699. The Morgan fingerprint density at radius 3 is 2.54 bits per heavy atom. The minimum atomic E-state index is -0.0493. The van der Waals surface area contributed by atoms with E-state index in [1.54, 1.807) is 19.2 Å². The van der Waals surface area contributed by atoms with Crippen molar-refractivity contribution in [3.05, 3.63) is 29.5 Å². The highest BCUT2D eigenvalue weighted by molar-refractivity contribution is 7.80. The highest BCUT2D eigenvalue weighted by Crippen LogP contribution is 2.32. The predicted molar refractivity (Wildman–Crippen MR) is 90.5 cm³/mol. The molecule has 2 N–H and O–H groups in total. The molecular weight excluding hydrogens is 326 g/mol. The lowest BCUT2D eigenvalue weighted by molar-refractivity contribution is 0.0715. The third-order valence-corrected chi connectivity index (χ3v) is 3.63. The molecule has 24 heavy (non-hydrogen) atoms. The first-order valence-electron chi connectivity index (χ1n) is 6.96. The van der Waals surface area contributed by atoms with E-state index in [1.807, 2.05) is 19.1 Å². The number of ether oxygens (including phenoxy) is 2. The Kier molecular flexibility index (Phi) is 5.59. The quantitative estimate of drug-likeness (QED) is 0.800. The van der Waals surface area contributed by atoms with Gasteiger partial charge in [-0.3, -0.25) is 4.98 Å². The van der Waals surface area contributed by atoms with Gasteiger partial charge in [-0.2, -0.15) is 10.5 Å². The number of anilines is 1. The molecule has 8 heteroatoms. The summed E-state index contributed by atoms with van der Waals surface area (Å²) in [6.45, 7) is 2.27. The average molecular weight is 341 g/mol. The molecule has 0 radical (unpaired) electrons. The first-order valence-corrected chi connectivity index (χ1v) is 7.41. The van der Waals surface area contributed by atoms with Crippen molar-refractivity contribution in [3.63, 3.8) is 0 Å². The van der Waals surface area contributed by atoms with E-state index in [-0.39, 0.29) is 28.1 Å². The number of methoxy groups -OCH3 is 1. The van der Waals surface area contributed by atoms with Crippen LogP contribution in [0.25, 0.3) is 11.3 Å². The number of nitrogens with zero attached hydrogens (tertiary/aromatic N) is 4. The van der Waals surface area contributed by atoms with E-state index in [0.29, 0.717) is 23.6 Å². The fraction of sp³-hybridized carbons (Fsp3) is 0.250. The number of nitrogens with two attached hydrogens (primary N) is 1. The zero-order chi connectivity index (χ0) is 17.7. The van der Waals surface area contributed by atoms with Crippen molar-refractivity contribution in [3.8, 4) is 29.1 Å². The van der Waals surface area contributed by atoms with E-state index >= 15 is 0 Å². The van der Waals surface area contributed by atoms with E-state index < -0.39 is 0 Å². The van der Waals surface area contributed by atoms with Crippen molar-refractivity contribution in [1.82, 2.24) is 9.97 Å². The van der Waals surface area contributed by atoms with Crippen LogP contribution < -0.4 is 10.5 Å². The van der Waals surface area contributed by atoms with Gasteiger partial charge in [-0.1, -0.05) is 0 Å². The van der Waals surface area contributed by atoms with Gasteiger partial charge < -0.3 is 15.2 Å². The Morgan fingerprint density at radius 1 is 1.29 bits per heavy atom. The topological polar surface area (TPSA) is 118 Å². The fourth-order valence-corrected chi connectivity index (χ4v) is 2.23. The van der Waals surface area contributed by atoms with Gasteiger partial charge in [-0.25, -0.2) is 4.98 Å². The molecule has 0 unspecified atom stereocenters. The molecule has 0 bridgehead atoms. The van der Waals surface area contributed by atoms with Crippen molar-refractivity contribution in [2.24, 2.45) is 0 Å². The van der Waals surface area contributed by atoms with Crippen LogP contribution in [0.4, 0.5) is 5.82 Å². The van der Waals surface area contributed by atoms with Gasteiger partial charge in [0, 0.05) is 12.7 Å². The summed E-state index contributed by atoms with van der Waals surface area (Å²) in [6.07, 6.45) is 1.46. The molecular formula is C16H15N5O2S. The van der Waals surface area contributed by atoms with Crippen LogP contribution >= 0.6 is 12.6 Å². The maximum atomic E-state index is 9.34. The molecule has 0 saturated heterocycles. The second kappa shape index (κ2) is 7.64. The van der Waals surface area contributed by atoms with Crippen LogP contribution in [0, 0.1) is 22.7 Å². The monoisotopic (exact) mass is 341 g/mol. The zero-order valence-electron chi connectivity index (χ0n) is 13.1. The SMILES string of the molecule is CO[C@@H](C)COc1ccc(-c2c(C#N)c(N)nc(S)c2C#N)nc1. The summed E-state index contributed by atoms with van der Waals surface area (Å²) in [6, 6.07) is 7.31. The van der Waals surface area contributed by atoms with Crippen molar-refractivity contribution >= 4 is 18.4 Å². The van der Waals surface area contributed by atoms with Crippen LogP contribution in [0.15, 0.2) is 23.4 Å². The lowest BCUT2D eigenvalue weighted by Crippen LogP contribution is -2.15. The lowest BCUT2D eigenvalue weighted by atomic mass is 10.0. The first-order chi connectivity index (χ1) is 11.5. The van der Waals surface area contributed by atoms with Gasteiger partial charge in [0.05, 0.1) is 23.6 Å². The van der Waals surface area contributed by atoms with Gasteiger partial charge in [-0.15, -0.1) is 12.6 Å². The Labute approximate surface area is 145 Å². The summed E-state index contributed by atoms with van der Waals surface area (Å²) in [5.74, 6) is 0.556. The van der Waals surface area contributed by atoms with Gasteiger partial charge in [0.15, 0.2) is 0 Å². The summed E-state index contributed by atoms with van der Waals surface area (Å²) in [5.41, 5.74) is 6.74. The number of hydrogen-bond acceptors (Lipinski definition) is 8. The summed E-state index contributed by atoms with van der Waals surface area (Å²) >= 11 is 4.15. The molecule has 0 amide bonds. The van der Waals surface area contributed by atoms with Crippen LogP contribution in [0.1, 0.15) is 18.1 Å². The van der Waals surface area contributed by atoms with Crippen LogP contribution in [-0.4, -0.2) is 29.8 Å². The molecule has 2 aromatic heterocycles. The number of aromatic nitrogens is 2. The van der Waals surface area contributed by atoms with Gasteiger partial charge in [0.25, 0.3) is 0 Å². The summed E-state index contributed by atoms with van der Waals surface area (Å²) in [7, 11) is 1.60. The van der Waals surface area contributed by atoms with Crippen LogP contribution in [0.2, 0.25) is 0 Å². The normalized spacial score (nSPS) is 11.4. The smallest absolute Gasteiger partial charge is 0.143 e. The Morgan fingerprint density at radius 2 is 2.00 bits per heavy atom. The Bertz CT molecular complexity index is 786. The molecule has 2 rings (SSSR count). The third kappa shape index (κ3) is 3.57. The number of hydrogen-bond donors (Lipinski definition) is 2. The van der Waals surface area contributed by atoms with E-state index in [2.05, 4.69) is 22.6 Å². The summed E-state index contributed by atoms with van der Waals surface area (Å²) in [5, 5.41) is 18.8. The maximum absolute atomic E-state index is 9.34. The number of pyridine rings is 2. The van der Waals surface area contributed by atoms with E-state index in [9.17, 15) is 10.5 Å². The molecule has 122 valence electrons. The van der Waals surface area contributed by atoms with Gasteiger partial charge in [0.1, 0.15) is 40.9 Å². The standard InChI is InChI=1S/C16H15N5O2S/c1-9(22-2)8-23-10-3-4-13(20-7-10)14-11(5-17)15(19)21-16(24)12(14)6-18/h3-4,7,9H,8H2,1-2H3,(H3,19,21,24)/t9-/m0/s1.